The summed E-state index contributed by atoms with van der Waals surface area (Å²) in [5.41, 5.74) is -0.330. The van der Waals surface area contributed by atoms with Gasteiger partial charge < -0.3 is 14.2 Å². The molecule has 2 aliphatic rings. The Morgan fingerprint density at radius 1 is 1.21 bits per heavy atom. The molecule has 4 atom stereocenters. The number of nitrogens with one attached hydrogen (secondary N) is 1. The van der Waals surface area contributed by atoms with Gasteiger partial charge in [0.15, 0.2) is 17.1 Å². The summed E-state index contributed by atoms with van der Waals surface area (Å²) in [4.78, 5) is 26.3. The van der Waals surface area contributed by atoms with Gasteiger partial charge in [-0.3, -0.25) is 10.1 Å². The quantitative estimate of drug-likeness (QED) is 0.797. The molecule has 2 aromatic rings. The Bertz CT molecular complexity index is 934. The summed E-state index contributed by atoms with van der Waals surface area (Å²) in [5, 5.41) is 3.32. The number of carbonyl (C=O) groups excluding carboxylic acids is 2. The van der Waals surface area contributed by atoms with Crippen LogP contribution in [0, 0.1) is 17.7 Å². The molecule has 2 heterocycles. The van der Waals surface area contributed by atoms with E-state index in [4.69, 9.17) is 14.2 Å². The summed E-state index contributed by atoms with van der Waals surface area (Å²) < 4.78 is 30.5. The number of benzene rings is 2. The van der Waals surface area contributed by atoms with E-state index in [-0.39, 0.29) is 19.0 Å². The lowest BCUT2D eigenvalue weighted by Gasteiger charge is -2.33. The Morgan fingerprint density at radius 3 is 2.66 bits per heavy atom. The van der Waals surface area contributed by atoms with Crippen LogP contribution >= 0.6 is 0 Å². The van der Waals surface area contributed by atoms with E-state index in [1.54, 1.807) is 43.3 Å². The van der Waals surface area contributed by atoms with E-state index < -0.39 is 41.2 Å². The van der Waals surface area contributed by atoms with E-state index in [2.05, 4.69) is 5.32 Å². The zero-order chi connectivity index (χ0) is 20.6. The smallest absolute Gasteiger partial charge is 0.331 e. The first-order valence-electron chi connectivity index (χ1n) is 9.54. The largest absolute Gasteiger partial charge is 0.490 e. The predicted molar refractivity (Wildman–Crippen MR) is 102 cm³/mol. The Balaban J connectivity index is 1.92. The SMILES string of the molecule is CCOC(=O)[C@H]1[C@@H]2COc3c(F)cccc3[C@H]2N[C@]1(C(=O)OC)c1ccccc1. The maximum absolute atomic E-state index is 14.3. The molecule has 0 spiro atoms. The highest BCUT2D eigenvalue weighted by Gasteiger charge is 2.64. The molecule has 0 aromatic heterocycles. The van der Waals surface area contributed by atoms with Crippen LogP contribution in [0.15, 0.2) is 48.5 Å². The van der Waals surface area contributed by atoms with E-state index in [0.717, 1.165) is 0 Å². The zero-order valence-electron chi connectivity index (χ0n) is 16.2. The highest BCUT2D eigenvalue weighted by Crippen LogP contribution is 2.53. The molecular formula is C22H22FNO5. The van der Waals surface area contributed by atoms with Gasteiger partial charge >= 0.3 is 11.9 Å². The molecule has 0 aliphatic carbocycles. The average molecular weight is 399 g/mol. The van der Waals surface area contributed by atoms with Crippen LogP contribution in [-0.4, -0.2) is 32.3 Å². The molecule has 1 fully saturated rings. The average Bonchev–Trinajstić information content (AvgIpc) is 3.11. The fourth-order valence-corrected chi connectivity index (χ4v) is 4.57. The molecule has 7 heteroatoms. The third kappa shape index (κ3) is 2.88. The van der Waals surface area contributed by atoms with Crippen molar-refractivity contribution in [3.8, 4) is 5.75 Å². The Labute approximate surface area is 168 Å². The van der Waals surface area contributed by atoms with E-state index in [1.807, 2.05) is 6.07 Å². The molecule has 0 bridgehead atoms. The Kier molecular flexibility index (Phi) is 5.00. The number of ether oxygens (including phenoxy) is 3. The third-order valence-electron chi connectivity index (χ3n) is 5.74. The summed E-state index contributed by atoms with van der Waals surface area (Å²) >= 11 is 0. The standard InChI is InChI=1S/C22H22FNO5/c1-3-28-20(25)17-15-12-29-19-14(10-7-11-16(19)23)18(15)24-22(17,21(26)27-2)13-8-5-4-6-9-13/h4-11,15,17-18,24H,3,12H2,1-2H3/t15-,17+,18+,22+/m0/s1. The number of methoxy groups -OCH3 is 1. The number of rotatable bonds is 4. The highest BCUT2D eigenvalue weighted by molar-refractivity contribution is 5.91. The van der Waals surface area contributed by atoms with Crippen LogP contribution < -0.4 is 10.1 Å². The monoisotopic (exact) mass is 399 g/mol. The van der Waals surface area contributed by atoms with Crippen molar-refractivity contribution in [1.29, 1.82) is 0 Å². The van der Waals surface area contributed by atoms with E-state index in [1.165, 1.54) is 13.2 Å². The van der Waals surface area contributed by atoms with Gasteiger partial charge in [-0.2, -0.15) is 0 Å². The van der Waals surface area contributed by atoms with Gasteiger partial charge in [0.05, 0.1) is 26.2 Å². The molecule has 4 rings (SSSR count). The topological polar surface area (TPSA) is 73.9 Å². The van der Waals surface area contributed by atoms with Gasteiger partial charge in [-0.05, 0) is 18.6 Å². The minimum atomic E-state index is -1.48. The van der Waals surface area contributed by atoms with Gasteiger partial charge in [-0.25, -0.2) is 9.18 Å². The van der Waals surface area contributed by atoms with Gasteiger partial charge in [0.25, 0.3) is 0 Å². The molecule has 0 unspecified atom stereocenters. The molecule has 0 saturated carbocycles. The summed E-state index contributed by atoms with van der Waals surface area (Å²) in [5.74, 6) is -2.82. The molecule has 1 N–H and O–H groups in total. The number of halogens is 1. The lowest BCUT2D eigenvalue weighted by atomic mass is 9.74. The number of fused-ring (bicyclic) bond motifs is 3. The van der Waals surface area contributed by atoms with Crippen LogP contribution in [0.25, 0.3) is 0 Å². The maximum Gasteiger partial charge on any atom is 0.331 e. The highest BCUT2D eigenvalue weighted by atomic mass is 19.1. The van der Waals surface area contributed by atoms with Crippen LogP contribution in [-0.2, 0) is 24.6 Å². The number of para-hydroxylation sites is 1. The lowest BCUT2D eigenvalue weighted by Crippen LogP contribution is -2.53. The number of hydrogen-bond acceptors (Lipinski definition) is 6. The predicted octanol–water partition coefficient (Wildman–Crippen LogP) is 2.73. The van der Waals surface area contributed by atoms with Crippen molar-refractivity contribution in [2.24, 2.45) is 11.8 Å². The first kappa shape index (κ1) is 19.4. The van der Waals surface area contributed by atoms with Crippen molar-refractivity contribution in [1.82, 2.24) is 5.32 Å². The molecule has 2 aliphatic heterocycles. The van der Waals surface area contributed by atoms with Crippen LogP contribution in [0.2, 0.25) is 0 Å². The molecule has 0 radical (unpaired) electrons. The second-order valence-corrected chi connectivity index (χ2v) is 7.15. The molecule has 0 amide bonds. The molecular weight excluding hydrogens is 377 g/mol. The summed E-state index contributed by atoms with van der Waals surface area (Å²) in [7, 11) is 1.28. The van der Waals surface area contributed by atoms with E-state index in [9.17, 15) is 14.0 Å². The summed E-state index contributed by atoms with van der Waals surface area (Å²) in [6, 6.07) is 13.1. The molecule has 6 nitrogen and oxygen atoms in total. The van der Waals surface area contributed by atoms with E-state index in [0.29, 0.717) is 11.1 Å². The van der Waals surface area contributed by atoms with Crippen molar-refractivity contribution < 1.29 is 28.2 Å². The first-order valence-corrected chi connectivity index (χ1v) is 9.54. The van der Waals surface area contributed by atoms with Crippen molar-refractivity contribution >= 4 is 11.9 Å². The van der Waals surface area contributed by atoms with Gasteiger partial charge in [0.2, 0.25) is 0 Å². The maximum atomic E-state index is 14.3. The second kappa shape index (κ2) is 7.48. The summed E-state index contributed by atoms with van der Waals surface area (Å²) in [6.45, 7) is 1.95. The first-order chi connectivity index (χ1) is 14.0. The summed E-state index contributed by atoms with van der Waals surface area (Å²) in [6.07, 6.45) is 0. The minimum absolute atomic E-state index is 0.0701. The van der Waals surface area contributed by atoms with E-state index >= 15 is 0 Å². The normalized spacial score (nSPS) is 27.3. The molecule has 2 aromatic carbocycles. The van der Waals surface area contributed by atoms with Crippen LogP contribution in [0.4, 0.5) is 4.39 Å². The minimum Gasteiger partial charge on any atom is -0.490 e. The van der Waals surface area contributed by atoms with Crippen molar-refractivity contribution in [2.75, 3.05) is 20.3 Å². The molecule has 1 saturated heterocycles. The zero-order valence-corrected chi connectivity index (χ0v) is 16.2. The van der Waals surface area contributed by atoms with Crippen molar-refractivity contribution in [3.63, 3.8) is 0 Å². The fourth-order valence-electron chi connectivity index (χ4n) is 4.57. The number of carbonyl (C=O) groups is 2. The van der Waals surface area contributed by atoms with Crippen molar-refractivity contribution in [2.45, 2.75) is 18.5 Å². The molecule has 152 valence electrons. The Hall–Kier alpha value is -2.93. The Morgan fingerprint density at radius 2 is 1.97 bits per heavy atom. The third-order valence-corrected chi connectivity index (χ3v) is 5.74. The van der Waals surface area contributed by atoms with Crippen molar-refractivity contribution in [3.05, 3.63) is 65.5 Å². The van der Waals surface area contributed by atoms with Gasteiger partial charge in [-0.15, -0.1) is 0 Å². The number of esters is 2. The number of hydrogen-bond donors (Lipinski definition) is 1. The fraction of sp³-hybridized carbons (Fsp3) is 0.364. The van der Waals surface area contributed by atoms with Gasteiger partial charge in [0, 0.05) is 17.5 Å². The second-order valence-electron chi connectivity index (χ2n) is 7.15. The van der Waals surface area contributed by atoms with Crippen LogP contribution in [0.5, 0.6) is 5.75 Å². The molecule has 29 heavy (non-hydrogen) atoms. The van der Waals surface area contributed by atoms with Gasteiger partial charge in [0.1, 0.15) is 0 Å². The van der Waals surface area contributed by atoms with Gasteiger partial charge in [-0.1, -0.05) is 42.5 Å². The lowest BCUT2D eigenvalue weighted by molar-refractivity contribution is -0.162. The van der Waals surface area contributed by atoms with Crippen LogP contribution in [0.1, 0.15) is 24.1 Å². The van der Waals surface area contributed by atoms with Crippen LogP contribution in [0.3, 0.4) is 0 Å².